The Morgan fingerprint density at radius 3 is 2.57 bits per heavy atom. The number of carbonyl (C=O) groups is 3. The highest BCUT2D eigenvalue weighted by molar-refractivity contribution is 5.71. The van der Waals surface area contributed by atoms with Crippen molar-refractivity contribution in [2.75, 3.05) is 26.2 Å². The predicted molar refractivity (Wildman–Crippen MR) is 174 cm³/mol. The van der Waals surface area contributed by atoms with Crippen molar-refractivity contribution in [1.29, 1.82) is 0 Å². The summed E-state index contributed by atoms with van der Waals surface area (Å²) in [5, 5.41) is 24.1. The van der Waals surface area contributed by atoms with Crippen molar-refractivity contribution in [1.82, 2.24) is 10.2 Å². The van der Waals surface area contributed by atoms with Crippen molar-refractivity contribution in [2.45, 2.75) is 123 Å². The van der Waals surface area contributed by atoms with Crippen molar-refractivity contribution in [3.05, 3.63) is 36.0 Å². The van der Waals surface area contributed by atoms with Gasteiger partial charge in [0.2, 0.25) is 0 Å². The van der Waals surface area contributed by atoms with E-state index in [0.717, 1.165) is 12.0 Å². The SMILES string of the molecule is CC[C@H](O)[C@@H](C)[C@H]1O[C@@H]1C[C@H](C)/C=C/C=C(\C)[C@H]1OC(=O)C[C@H](O)CC[C@@](C)(OC(C)=O)[C@H](OC(=O)N2CCNCC2)/C=C/[C@@H]1C. The molecule has 11 nitrogen and oxygen atoms in total. The molecule has 3 aliphatic rings. The third-order valence-electron chi connectivity index (χ3n) is 9.30. The molecule has 0 aromatic rings. The fourth-order valence-corrected chi connectivity index (χ4v) is 6.24. The number of esters is 2. The molecule has 0 aromatic carbocycles. The van der Waals surface area contributed by atoms with Crippen LogP contribution < -0.4 is 5.32 Å². The molecule has 0 unspecified atom stereocenters. The molecule has 3 aliphatic heterocycles. The van der Waals surface area contributed by atoms with Gasteiger partial charge in [-0.2, -0.15) is 0 Å². The zero-order valence-electron chi connectivity index (χ0n) is 28.6. The molecule has 0 aliphatic carbocycles. The van der Waals surface area contributed by atoms with Crippen LogP contribution in [-0.4, -0.2) is 102 Å². The number of allylic oxidation sites excluding steroid dienone is 3. The standard InChI is InChI=1S/C35H56N2O9/c1-8-28(40)25(5)33-29(43-33)20-22(2)10-9-11-23(3)32-24(4)12-13-30(44-34(42)37-18-16-36-17-19-37)35(7,46-26(6)38)15-14-27(39)21-31(41)45-32/h9-13,22,24-25,27-30,32-33,36,39-40H,8,14-21H2,1-7H3/b10-9+,13-12+,23-11+/t22-,24+,25-,27-,28+,29-,30-,32-,33-,35-/m1/s1. The number of cyclic esters (lactones) is 1. The minimum absolute atomic E-state index is 0.0874. The molecule has 46 heavy (non-hydrogen) atoms. The van der Waals surface area contributed by atoms with Crippen LogP contribution in [0.15, 0.2) is 36.0 Å². The second kappa shape index (κ2) is 17.4. The summed E-state index contributed by atoms with van der Waals surface area (Å²) >= 11 is 0. The highest BCUT2D eigenvalue weighted by Crippen LogP contribution is 2.36. The Labute approximate surface area is 274 Å². The Morgan fingerprint density at radius 1 is 1.22 bits per heavy atom. The molecule has 2 saturated heterocycles. The molecule has 0 radical (unpaired) electrons. The van der Waals surface area contributed by atoms with Gasteiger partial charge in [0, 0.05) is 44.9 Å². The summed E-state index contributed by atoms with van der Waals surface area (Å²) in [6.07, 6.45) is 7.84. The maximum Gasteiger partial charge on any atom is 0.410 e. The van der Waals surface area contributed by atoms with Crippen LogP contribution in [-0.2, 0) is 28.5 Å². The number of piperazine rings is 1. The highest BCUT2D eigenvalue weighted by Gasteiger charge is 2.45. The maximum atomic E-state index is 13.2. The zero-order valence-corrected chi connectivity index (χ0v) is 28.6. The number of nitrogens with one attached hydrogen (secondary N) is 1. The Morgan fingerprint density at radius 2 is 1.91 bits per heavy atom. The average Bonchev–Trinajstić information content (AvgIpc) is 3.77. The summed E-state index contributed by atoms with van der Waals surface area (Å²) in [6.45, 7) is 15.2. The van der Waals surface area contributed by atoms with E-state index >= 15 is 0 Å². The number of aliphatic hydroxyl groups is 2. The molecule has 11 heteroatoms. The van der Waals surface area contributed by atoms with E-state index in [0.29, 0.717) is 32.6 Å². The highest BCUT2D eigenvalue weighted by atomic mass is 16.6. The van der Waals surface area contributed by atoms with Crippen LogP contribution in [0.4, 0.5) is 4.79 Å². The molecular weight excluding hydrogens is 592 g/mol. The Balaban J connectivity index is 1.79. The van der Waals surface area contributed by atoms with Crippen LogP contribution in [0.3, 0.4) is 0 Å². The molecule has 3 rings (SSSR count). The van der Waals surface area contributed by atoms with Gasteiger partial charge in [0.1, 0.15) is 11.7 Å². The first kappa shape index (κ1) is 37.7. The minimum atomic E-state index is -1.27. The molecule has 0 saturated carbocycles. The van der Waals surface area contributed by atoms with E-state index in [2.05, 4.69) is 18.3 Å². The normalized spacial score (nSPS) is 34.0. The lowest BCUT2D eigenvalue weighted by Crippen LogP contribution is -2.51. The van der Waals surface area contributed by atoms with Gasteiger partial charge in [0.15, 0.2) is 6.10 Å². The van der Waals surface area contributed by atoms with E-state index < -0.39 is 41.9 Å². The molecule has 2 fully saturated rings. The number of aliphatic hydroxyl groups excluding tert-OH is 2. The Bertz CT molecular complexity index is 1120. The second-order valence-electron chi connectivity index (χ2n) is 13.5. The van der Waals surface area contributed by atoms with E-state index in [-0.39, 0.29) is 55.3 Å². The summed E-state index contributed by atoms with van der Waals surface area (Å²) in [5.74, 6) is -1.06. The van der Waals surface area contributed by atoms with Gasteiger partial charge in [-0.25, -0.2) is 4.79 Å². The lowest BCUT2D eigenvalue weighted by molar-refractivity contribution is -0.168. The molecule has 1 amide bonds. The maximum absolute atomic E-state index is 13.2. The van der Waals surface area contributed by atoms with E-state index in [1.807, 2.05) is 45.9 Å². The zero-order chi connectivity index (χ0) is 34.0. The van der Waals surface area contributed by atoms with E-state index in [9.17, 15) is 24.6 Å². The van der Waals surface area contributed by atoms with Gasteiger partial charge in [0.25, 0.3) is 0 Å². The first-order chi connectivity index (χ1) is 21.7. The molecule has 260 valence electrons. The number of ether oxygens (including phenoxy) is 4. The largest absolute Gasteiger partial charge is 0.457 e. The Kier molecular flexibility index (Phi) is 14.3. The summed E-state index contributed by atoms with van der Waals surface area (Å²) < 4.78 is 23.5. The molecule has 10 atom stereocenters. The molecule has 3 N–H and O–H groups in total. The van der Waals surface area contributed by atoms with Crippen LogP contribution >= 0.6 is 0 Å². The number of rotatable bonds is 10. The van der Waals surface area contributed by atoms with Crippen molar-refractivity contribution >= 4 is 18.0 Å². The third-order valence-corrected chi connectivity index (χ3v) is 9.30. The number of nitrogens with zero attached hydrogens (tertiary/aromatic N) is 1. The monoisotopic (exact) mass is 648 g/mol. The van der Waals surface area contributed by atoms with Crippen LogP contribution in [0, 0.1) is 17.8 Å². The first-order valence-electron chi connectivity index (χ1n) is 16.8. The summed E-state index contributed by atoms with van der Waals surface area (Å²) in [4.78, 5) is 39.9. The van der Waals surface area contributed by atoms with Gasteiger partial charge >= 0.3 is 18.0 Å². The summed E-state index contributed by atoms with van der Waals surface area (Å²) in [7, 11) is 0. The fourth-order valence-electron chi connectivity index (χ4n) is 6.24. The first-order valence-corrected chi connectivity index (χ1v) is 16.8. The lowest BCUT2D eigenvalue weighted by atomic mass is 9.88. The number of hydrogen-bond donors (Lipinski definition) is 3. The lowest BCUT2D eigenvalue weighted by Gasteiger charge is -2.37. The molecule has 0 aromatic heterocycles. The minimum Gasteiger partial charge on any atom is -0.457 e. The van der Waals surface area contributed by atoms with Crippen molar-refractivity contribution in [2.24, 2.45) is 17.8 Å². The van der Waals surface area contributed by atoms with Crippen LogP contribution in [0.1, 0.15) is 80.6 Å². The molecular formula is C35H56N2O9. The number of hydrogen-bond acceptors (Lipinski definition) is 10. The van der Waals surface area contributed by atoms with Crippen molar-refractivity contribution < 1.29 is 43.5 Å². The van der Waals surface area contributed by atoms with Gasteiger partial charge in [-0.3, -0.25) is 9.59 Å². The van der Waals surface area contributed by atoms with Crippen LogP contribution in [0.2, 0.25) is 0 Å². The third kappa shape index (κ3) is 11.2. The van der Waals surface area contributed by atoms with Gasteiger partial charge < -0.3 is 39.4 Å². The summed E-state index contributed by atoms with van der Waals surface area (Å²) in [6, 6.07) is 0. The van der Waals surface area contributed by atoms with Crippen molar-refractivity contribution in [3.63, 3.8) is 0 Å². The number of epoxide rings is 1. The second-order valence-corrected chi connectivity index (χ2v) is 13.5. The van der Waals surface area contributed by atoms with Crippen LogP contribution in [0.25, 0.3) is 0 Å². The predicted octanol–water partition coefficient (Wildman–Crippen LogP) is 4.07. The summed E-state index contributed by atoms with van der Waals surface area (Å²) in [5.41, 5.74) is -0.468. The molecule has 0 spiro atoms. The van der Waals surface area contributed by atoms with Gasteiger partial charge in [-0.05, 0) is 57.1 Å². The van der Waals surface area contributed by atoms with E-state index in [1.165, 1.54) is 6.92 Å². The van der Waals surface area contributed by atoms with Gasteiger partial charge in [-0.15, -0.1) is 0 Å². The molecule has 3 heterocycles. The van der Waals surface area contributed by atoms with E-state index in [1.54, 1.807) is 17.9 Å². The Hall–Kier alpha value is -2.73. The van der Waals surface area contributed by atoms with Crippen LogP contribution in [0.5, 0.6) is 0 Å². The smallest absolute Gasteiger partial charge is 0.410 e. The average molecular weight is 649 g/mol. The number of carbonyl (C=O) groups excluding carboxylic acids is 3. The van der Waals surface area contributed by atoms with Gasteiger partial charge in [0.05, 0.1) is 30.8 Å². The fraction of sp³-hybridized carbons (Fsp3) is 0.743. The van der Waals surface area contributed by atoms with Gasteiger partial charge in [-0.1, -0.05) is 52.0 Å². The molecule has 0 bridgehead atoms. The van der Waals surface area contributed by atoms with E-state index in [4.69, 9.17) is 18.9 Å². The topological polar surface area (TPSA) is 147 Å². The van der Waals surface area contributed by atoms with Crippen molar-refractivity contribution in [3.8, 4) is 0 Å². The number of amides is 1. The quantitative estimate of drug-likeness (QED) is 0.104.